The average Bonchev–Trinajstić information content (AvgIpc) is 3.98. The molecular formula is C80H104S. The number of rotatable bonds is 2. The van der Waals surface area contributed by atoms with Crippen molar-refractivity contribution in [2.75, 3.05) is 0 Å². The van der Waals surface area contributed by atoms with Crippen LogP contribution in [0.4, 0.5) is 0 Å². The van der Waals surface area contributed by atoms with Gasteiger partial charge >= 0.3 is 0 Å². The van der Waals surface area contributed by atoms with Crippen molar-refractivity contribution in [3.63, 3.8) is 0 Å². The topological polar surface area (TPSA) is 0 Å². The zero-order valence-corrected chi connectivity index (χ0v) is 55.4. The maximum atomic E-state index is 2.54. The Hall–Kier alpha value is -5.24. The van der Waals surface area contributed by atoms with Gasteiger partial charge < -0.3 is 0 Å². The molecule has 0 N–H and O–H groups in total. The zero-order valence-electron chi connectivity index (χ0n) is 54.6. The molecule has 1 heteroatoms. The lowest BCUT2D eigenvalue weighted by atomic mass is 9.69. The monoisotopic (exact) mass is 1100 g/mol. The average molecular weight is 1100 g/mol. The minimum absolute atomic E-state index is 0.133. The van der Waals surface area contributed by atoms with Gasteiger partial charge in [-0.1, -0.05) is 246 Å². The van der Waals surface area contributed by atoms with Crippen LogP contribution in [0.5, 0.6) is 0 Å². The lowest BCUT2D eigenvalue weighted by Crippen LogP contribution is -2.21. The van der Waals surface area contributed by atoms with Crippen molar-refractivity contribution >= 4 is 64.5 Å². The van der Waals surface area contributed by atoms with Gasteiger partial charge in [0.25, 0.3) is 0 Å². The van der Waals surface area contributed by atoms with Crippen LogP contribution in [0.3, 0.4) is 0 Å². The van der Waals surface area contributed by atoms with Gasteiger partial charge in [-0.15, -0.1) is 11.3 Å². The van der Waals surface area contributed by atoms with Crippen LogP contribution >= 0.6 is 11.3 Å². The van der Waals surface area contributed by atoms with E-state index in [1.165, 1.54) is 160 Å². The van der Waals surface area contributed by atoms with E-state index in [1.54, 1.807) is 11.1 Å². The molecule has 0 bridgehead atoms. The van der Waals surface area contributed by atoms with Crippen LogP contribution in [0.2, 0.25) is 0 Å². The summed E-state index contributed by atoms with van der Waals surface area (Å²) in [6.45, 7) is 48.8. The van der Waals surface area contributed by atoms with Crippen LogP contribution in [0.1, 0.15) is 248 Å². The van der Waals surface area contributed by atoms with Gasteiger partial charge in [0.1, 0.15) is 0 Å². The van der Waals surface area contributed by atoms with Gasteiger partial charge in [-0.05, 0) is 233 Å². The van der Waals surface area contributed by atoms with Crippen molar-refractivity contribution < 1.29 is 0 Å². The summed E-state index contributed by atoms with van der Waals surface area (Å²) >= 11 is 1.93. The number of thiophene rings is 1. The molecule has 2 saturated carbocycles. The third-order valence-electron chi connectivity index (χ3n) is 18.5. The second-order valence-electron chi connectivity index (χ2n) is 30.8. The van der Waals surface area contributed by atoms with E-state index in [-0.39, 0.29) is 27.1 Å². The Balaban J connectivity index is 0.000000144. The standard InChI is InChI=1S/C23H28.C23H32.C21H28.C13H16S/c1-15-18-12-16-10-8-9-11-17(16)13-19(18)21(23(5,6)7)14-20(15)22(2,3)4;1-16-18-9-7-8-10-19(18)20(15-21(16)22(2,3)4)17-11-13-23(5,6)14-12-17;1-15-17-12-8-9-13-18(17)19(14-20(15)21(2,3)4)16-10-6-5-7-11-16;1-9-10-7-5-6-8-11(10)14-12(9)13(2,3)4/h8-14H,1-7H3;7-10,15,17H,11-14H2,1-6H3;8-9,12-14,16H,5-7,10-11H2,1-4H3;5-8H,1-4H3. The molecule has 9 aromatic rings. The molecule has 11 rings (SSSR count). The highest BCUT2D eigenvalue weighted by Gasteiger charge is 2.31. The van der Waals surface area contributed by atoms with E-state index in [9.17, 15) is 0 Å². The molecule has 2 aliphatic rings. The zero-order chi connectivity index (χ0) is 59.2. The molecule has 430 valence electrons. The second-order valence-corrected chi connectivity index (χ2v) is 31.8. The van der Waals surface area contributed by atoms with Gasteiger partial charge in [-0.3, -0.25) is 0 Å². The van der Waals surface area contributed by atoms with E-state index in [1.807, 2.05) is 11.3 Å². The minimum Gasteiger partial charge on any atom is -0.139 e. The highest BCUT2D eigenvalue weighted by molar-refractivity contribution is 7.19. The Labute approximate surface area is 497 Å². The number of aryl methyl sites for hydroxylation is 4. The van der Waals surface area contributed by atoms with E-state index in [2.05, 4.69) is 273 Å². The summed E-state index contributed by atoms with van der Waals surface area (Å²) < 4.78 is 1.41. The van der Waals surface area contributed by atoms with E-state index in [4.69, 9.17) is 0 Å². The fraction of sp³-hybridized carbons (Fsp3) is 0.475. The molecule has 0 atom stereocenters. The lowest BCUT2D eigenvalue weighted by molar-refractivity contribution is 0.225. The summed E-state index contributed by atoms with van der Waals surface area (Å²) in [6.07, 6.45) is 12.3. The number of hydrogen-bond donors (Lipinski definition) is 0. The predicted molar refractivity (Wildman–Crippen MR) is 364 cm³/mol. The maximum absolute atomic E-state index is 2.54. The third-order valence-corrected chi connectivity index (χ3v) is 20.2. The van der Waals surface area contributed by atoms with Crippen LogP contribution in [0, 0.1) is 33.1 Å². The Kier molecular flexibility index (Phi) is 18.2. The first-order chi connectivity index (χ1) is 37.8. The summed E-state index contributed by atoms with van der Waals surface area (Å²) in [5, 5.41) is 12.8. The van der Waals surface area contributed by atoms with Gasteiger partial charge in [-0.25, -0.2) is 0 Å². The molecule has 0 aliphatic heterocycles. The molecule has 8 aromatic carbocycles. The van der Waals surface area contributed by atoms with Crippen molar-refractivity contribution in [1.29, 1.82) is 0 Å². The molecule has 1 heterocycles. The molecule has 0 amide bonds. The molecule has 2 aliphatic carbocycles. The van der Waals surface area contributed by atoms with Gasteiger partial charge in [0.15, 0.2) is 0 Å². The van der Waals surface area contributed by atoms with E-state index in [0.717, 1.165) is 11.8 Å². The lowest BCUT2D eigenvalue weighted by Gasteiger charge is -2.36. The predicted octanol–water partition coefficient (Wildman–Crippen LogP) is 25.0. The number of benzene rings is 8. The van der Waals surface area contributed by atoms with Gasteiger partial charge in [0.2, 0.25) is 0 Å². The van der Waals surface area contributed by atoms with Crippen LogP contribution in [-0.4, -0.2) is 0 Å². The largest absolute Gasteiger partial charge is 0.139 e. The quantitative estimate of drug-likeness (QED) is 0.151. The van der Waals surface area contributed by atoms with Gasteiger partial charge in [0.05, 0.1) is 0 Å². The van der Waals surface area contributed by atoms with Crippen LogP contribution in [0.25, 0.3) is 53.2 Å². The van der Waals surface area contributed by atoms with Crippen LogP contribution < -0.4 is 0 Å². The first kappa shape index (κ1) is 61.8. The second kappa shape index (κ2) is 23.8. The normalized spacial score (nSPS) is 15.8. The number of fused-ring (bicyclic) bond motifs is 5. The molecule has 1 aromatic heterocycles. The highest BCUT2D eigenvalue weighted by atomic mass is 32.1. The summed E-state index contributed by atoms with van der Waals surface area (Å²) in [7, 11) is 0. The van der Waals surface area contributed by atoms with Crippen molar-refractivity contribution in [3.05, 3.63) is 188 Å². The highest BCUT2D eigenvalue weighted by Crippen LogP contribution is 2.47. The number of hydrogen-bond acceptors (Lipinski definition) is 1. The molecule has 2 fully saturated rings. The Morgan fingerprint density at radius 2 is 0.716 bits per heavy atom. The fourth-order valence-corrected chi connectivity index (χ4v) is 15.3. The van der Waals surface area contributed by atoms with Crippen molar-refractivity contribution in [1.82, 2.24) is 0 Å². The minimum atomic E-state index is 0.133. The molecule has 0 radical (unpaired) electrons. The maximum Gasteiger partial charge on any atom is 0.0348 e. The molecule has 81 heavy (non-hydrogen) atoms. The van der Waals surface area contributed by atoms with Crippen molar-refractivity contribution in [2.24, 2.45) is 5.41 Å². The first-order valence-electron chi connectivity index (χ1n) is 31.3. The van der Waals surface area contributed by atoms with Crippen molar-refractivity contribution in [3.8, 4) is 0 Å². The fourth-order valence-electron chi connectivity index (χ4n) is 14.0. The Morgan fingerprint density at radius 3 is 1.15 bits per heavy atom. The summed E-state index contributed by atoms with van der Waals surface area (Å²) in [5.74, 6) is 1.50. The summed E-state index contributed by atoms with van der Waals surface area (Å²) in [6, 6.07) is 47.7. The summed E-state index contributed by atoms with van der Waals surface area (Å²) in [5.41, 5.74) is 16.5. The third kappa shape index (κ3) is 13.9. The van der Waals surface area contributed by atoms with Crippen molar-refractivity contribution in [2.45, 2.75) is 242 Å². The van der Waals surface area contributed by atoms with E-state index in [0.29, 0.717) is 5.41 Å². The van der Waals surface area contributed by atoms with Crippen LogP contribution in [0.15, 0.2) is 127 Å². The van der Waals surface area contributed by atoms with Gasteiger partial charge in [-0.2, -0.15) is 0 Å². The van der Waals surface area contributed by atoms with Gasteiger partial charge in [0, 0.05) is 9.58 Å². The molecule has 0 nitrogen and oxygen atoms in total. The Bertz CT molecular complexity index is 3650. The molecule has 0 saturated heterocycles. The smallest absolute Gasteiger partial charge is 0.0348 e. The molecular weight excluding hydrogens is 993 g/mol. The SMILES string of the molecule is Cc1c(C(C)(C)C)cc(C(C)(C)C)c2cc3ccccc3cc12.Cc1c(C(C)(C)C)cc(C2CCC(C)(C)CC2)c2ccccc12.Cc1c(C(C)(C)C)cc(C2CCCCC2)c2ccccc12.Cc1c(C(C)(C)C)sc2ccccc12. The van der Waals surface area contributed by atoms with Crippen LogP contribution in [-0.2, 0) is 27.1 Å². The Morgan fingerprint density at radius 1 is 0.346 bits per heavy atom. The first-order valence-corrected chi connectivity index (χ1v) is 32.1. The van der Waals surface area contributed by atoms with E-state index < -0.39 is 0 Å². The molecule has 0 unspecified atom stereocenters. The molecule has 0 spiro atoms. The summed E-state index contributed by atoms with van der Waals surface area (Å²) in [4.78, 5) is 1.51. The van der Waals surface area contributed by atoms with E-state index >= 15 is 0 Å².